The maximum absolute atomic E-state index is 12.7. The molecule has 0 saturated carbocycles. The van der Waals surface area contributed by atoms with Gasteiger partial charge in [-0.1, -0.05) is 30.3 Å². The number of esters is 1. The fourth-order valence-corrected chi connectivity index (χ4v) is 4.84. The summed E-state index contributed by atoms with van der Waals surface area (Å²) in [7, 11) is -3.59. The molecule has 0 spiro atoms. The number of nitrogens with zero attached hydrogens (tertiary/aromatic N) is 2. The zero-order chi connectivity index (χ0) is 21.9. The van der Waals surface area contributed by atoms with Crippen LogP contribution in [0.3, 0.4) is 0 Å². The summed E-state index contributed by atoms with van der Waals surface area (Å²) in [6, 6.07) is 13.6. The molecule has 3 rings (SSSR count). The predicted molar refractivity (Wildman–Crippen MR) is 113 cm³/mol. The molecule has 1 saturated heterocycles. The Balaban J connectivity index is 1.59. The van der Waals surface area contributed by atoms with Crippen molar-refractivity contribution in [3.8, 4) is 0 Å². The molecular weight excluding hydrogens is 404 g/mol. The third-order valence-corrected chi connectivity index (χ3v) is 7.30. The highest BCUT2D eigenvalue weighted by Gasteiger charge is 2.32. The summed E-state index contributed by atoms with van der Waals surface area (Å²) >= 11 is 0. The molecule has 0 radical (unpaired) electrons. The van der Waals surface area contributed by atoms with Crippen molar-refractivity contribution in [1.82, 2.24) is 9.21 Å². The van der Waals surface area contributed by atoms with Crippen molar-refractivity contribution in [3.05, 3.63) is 65.2 Å². The Morgan fingerprint density at radius 2 is 1.57 bits per heavy atom. The molecule has 2 aromatic carbocycles. The molecule has 0 aromatic heterocycles. The molecule has 1 unspecified atom stereocenters. The second kappa shape index (κ2) is 8.97. The molecule has 7 nitrogen and oxygen atoms in total. The number of carbonyl (C=O) groups excluding carboxylic acids is 2. The number of ether oxygens (including phenoxy) is 1. The normalized spacial score (nSPS) is 16.2. The first-order valence-electron chi connectivity index (χ1n) is 9.83. The second-order valence-corrected chi connectivity index (χ2v) is 9.28. The maximum Gasteiger partial charge on any atom is 0.339 e. The van der Waals surface area contributed by atoms with Crippen LogP contribution in [0.4, 0.5) is 0 Å². The predicted octanol–water partition coefficient (Wildman–Crippen LogP) is 2.38. The molecule has 0 N–H and O–H groups in total. The van der Waals surface area contributed by atoms with Gasteiger partial charge in [0.25, 0.3) is 5.91 Å². The minimum atomic E-state index is -3.59. The van der Waals surface area contributed by atoms with Gasteiger partial charge in [0, 0.05) is 26.2 Å². The lowest BCUT2D eigenvalue weighted by Gasteiger charge is -2.35. The zero-order valence-electron chi connectivity index (χ0n) is 17.4. The minimum absolute atomic E-state index is 0.195. The molecular formula is C22H26N2O5S. The molecule has 30 heavy (non-hydrogen) atoms. The summed E-state index contributed by atoms with van der Waals surface area (Å²) in [6.45, 7) is 6.17. The number of benzene rings is 2. The molecule has 0 aliphatic carbocycles. The average Bonchev–Trinajstić information content (AvgIpc) is 2.75. The van der Waals surface area contributed by atoms with Crippen LogP contribution >= 0.6 is 0 Å². The monoisotopic (exact) mass is 430 g/mol. The summed E-state index contributed by atoms with van der Waals surface area (Å²) in [5.74, 6) is -0.868. The molecule has 0 bridgehead atoms. The van der Waals surface area contributed by atoms with E-state index < -0.39 is 22.1 Å². The van der Waals surface area contributed by atoms with Gasteiger partial charge >= 0.3 is 5.97 Å². The Labute approximate surface area is 177 Å². The van der Waals surface area contributed by atoms with Crippen LogP contribution in [0.2, 0.25) is 0 Å². The number of hydrogen-bond acceptors (Lipinski definition) is 5. The van der Waals surface area contributed by atoms with Crippen molar-refractivity contribution in [2.24, 2.45) is 0 Å². The van der Waals surface area contributed by atoms with E-state index in [-0.39, 0.29) is 37.0 Å². The summed E-state index contributed by atoms with van der Waals surface area (Å²) in [5, 5.41) is 0. The first kappa shape index (κ1) is 22.0. The van der Waals surface area contributed by atoms with Gasteiger partial charge in [-0.25, -0.2) is 13.2 Å². The van der Waals surface area contributed by atoms with E-state index in [2.05, 4.69) is 0 Å². The Bertz CT molecular complexity index is 1030. The summed E-state index contributed by atoms with van der Waals surface area (Å²) < 4.78 is 32.2. The van der Waals surface area contributed by atoms with Crippen molar-refractivity contribution in [3.63, 3.8) is 0 Å². The molecule has 1 aliphatic heterocycles. The summed E-state index contributed by atoms with van der Waals surface area (Å²) in [5.41, 5.74) is 2.23. The Morgan fingerprint density at radius 1 is 0.933 bits per heavy atom. The van der Waals surface area contributed by atoms with Gasteiger partial charge in [-0.15, -0.1) is 0 Å². The molecule has 160 valence electrons. The van der Waals surface area contributed by atoms with Gasteiger partial charge in [0.05, 0.1) is 10.5 Å². The molecule has 1 aliphatic rings. The van der Waals surface area contributed by atoms with Crippen LogP contribution in [-0.2, 0) is 19.6 Å². The highest BCUT2D eigenvalue weighted by Crippen LogP contribution is 2.19. The van der Waals surface area contributed by atoms with Crippen LogP contribution in [0.15, 0.2) is 53.4 Å². The Morgan fingerprint density at radius 3 is 2.20 bits per heavy atom. The number of hydrogen-bond donors (Lipinski definition) is 0. The number of carbonyl (C=O) groups is 2. The number of rotatable bonds is 5. The molecule has 1 fully saturated rings. The van der Waals surface area contributed by atoms with E-state index in [0.29, 0.717) is 5.56 Å². The molecule has 1 heterocycles. The van der Waals surface area contributed by atoms with Gasteiger partial charge in [-0.05, 0) is 50.1 Å². The van der Waals surface area contributed by atoms with Crippen molar-refractivity contribution >= 4 is 21.9 Å². The fourth-order valence-electron chi connectivity index (χ4n) is 3.39. The lowest BCUT2D eigenvalue weighted by atomic mass is 10.0. The van der Waals surface area contributed by atoms with E-state index in [1.54, 1.807) is 49.4 Å². The summed E-state index contributed by atoms with van der Waals surface area (Å²) in [4.78, 5) is 27.0. The van der Waals surface area contributed by atoms with Crippen molar-refractivity contribution in [1.29, 1.82) is 0 Å². The van der Waals surface area contributed by atoms with Gasteiger partial charge < -0.3 is 9.64 Å². The van der Waals surface area contributed by atoms with Gasteiger partial charge in [-0.2, -0.15) is 4.31 Å². The van der Waals surface area contributed by atoms with E-state index in [0.717, 1.165) is 11.1 Å². The summed E-state index contributed by atoms with van der Waals surface area (Å²) in [6.07, 6.45) is -0.949. The molecule has 1 amide bonds. The lowest BCUT2D eigenvalue weighted by Crippen LogP contribution is -2.52. The van der Waals surface area contributed by atoms with Crippen LogP contribution in [0, 0.1) is 13.8 Å². The first-order chi connectivity index (χ1) is 14.2. The van der Waals surface area contributed by atoms with E-state index in [9.17, 15) is 18.0 Å². The molecule has 1 atom stereocenters. The zero-order valence-corrected chi connectivity index (χ0v) is 18.2. The van der Waals surface area contributed by atoms with E-state index in [4.69, 9.17) is 4.74 Å². The van der Waals surface area contributed by atoms with Crippen LogP contribution < -0.4 is 0 Å². The van der Waals surface area contributed by atoms with Crippen molar-refractivity contribution in [2.45, 2.75) is 31.8 Å². The number of sulfonamides is 1. The molecule has 8 heteroatoms. The van der Waals surface area contributed by atoms with E-state index >= 15 is 0 Å². The highest BCUT2D eigenvalue weighted by atomic mass is 32.2. The SMILES string of the molecule is Cc1cccc(C(=O)OC(C)C(=O)N2CCN(S(=O)(=O)c3ccccc3)CC2)c1C. The molecule has 2 aromatic rings. The maximum atomic E-state index is 12.7. The third-order valence-electron chi connectivity index (χ3n) is 5.39. The van der Waals surface area contributed by atoms with Gasteiger partial charge in [0.1, 0.15) is 0 Å². The second-order valence-electron chi connectivity index (χ2n) is 7.34. The van der Waals surface area contributed by atoms with Crippen LogP contribution in [0.25, 0.3) is 0 Å². The average molecular weight is 431 g/mol. The fraction of sp³-hybridized carbons (Fsp3) is 0.364. The van der Waals surface area contributed by atoms with Crippen molar-refractivity contribution in [2.75, 3.05) is 26.2 Å². The van der Waals surface area contributed by atoms with Crippen LogP contribution in [-0.4, -0.2) is 61.8 Å². The highest BCUT2D eigenvalue weighted by molar-refractivity contribution is 7.89. The number of piperazine rings is 1. The number of aryl methyl sites for hydroxylation is 1. The van der Waals surface area contributed by atoms with Gasteiger partial charge in [-0.3, -0.25) is 4.79 Å². The Hall–Kier alpha value is -2.71. The minimum Gasteiger partial charge on any atom is -0.449 e. The van der Waals surface area contributed by atoms with Crippen molar-refractivity contribution < 1.29 is 22.7 Å². The van der Waals surface area contributed by atoms with Gasteiger partial charge in [0.2, 0.25) is 10.0 Å². The first-order valence-corrected chi connectivity index (χ1v) is 11.3. The van der Waals surface area contributed by atoms with Gasteiger partial charge in [0.15, 0.2) is 6.10 Å². The van der Waals surface area contributed by atoms with Crippen LogP contribution in [0.1, 0.15) is 28.4 Å². The standard InChI is InChI=1S/C22H26N2O5S/c1-16-8-7-11-20(17(16)2)22(26)29-18(3)21(25)23-12-14-24(15-13-23)30(27,28)19-9-5-4-6-10-19/h4-11,18H,12-15H2,1-3H3. The third kappa shape index (κ3) is 4.55. The quantitative estimate of drug-likeness (QED) is 0.680. The van der Waals surface area contributed by atoms with E-state index in [1.807, 2.05) is 19.9 Å². The largest absolute Gasteiger partial charge is 0.449 e. The number of amides is 1. The Kier molecular flexibility index (Phi) is 6.58. The van der Waals surface area contributed by atoms with Crippen LogP contribution in [0.5, 0.6) is 0 Å². The lowest BCUT2D eigenvalue weighted by molar-refractivity contribution is -0.141. The topological polar surface area (TPSA) is 84.0 Å². The van der Waals surface area contributed by atoms with E-state index in [1.165, 1.54) is 9.21 Å². The smallest absolute Gasteiger partial charge is 0.339 e.